The highest BCUT2D eigenvalue weighted by Gasteiger charge is 2.14. The average Bonchev–Trinajstić information content (AvgIpc) is 2.54. The number of benzene rings is 1. The molecule has 0 amide bonds. The van der Waals surface area contributed by atoms with Crippen molar-refractivity contribution in [3.63, 3.8) is 0 Å². The Hall–Kier alpha value is -1.50. The van der Waals surface area contributed by atoms with Crippen molar-refractivity contribution in [2.75, 3.05) is 0 Å². The van der Waals surface area contributed by atoms with Gasteiger partial charge in [0.2, 0.25) is 0 Å². The van der Waals surface area contributed by atoms with Crippen LogP contribution in [0.2, 0.25) is 0 Å². The molecule has 0 radical (unpaired) electrons. The van der Waals surface area contributed by atoms with Crippen LogP contribution < -0.4 is 5.73 Å². The van der Waals surface area contributed by atoms with E-state index in [1.54, 1.807) is 0 Å². The van der Waals surface area contributed by atoms with E-state index >= 15 is 0 Å². The highest BCUT2D eigenvalue weighted by molar-refractivity contribution is 5.85. The molecule has 84 valence electrons. The molecule has 1 heterocycles. The van der Waals surface area contributed by atoms with Crippen molar-refractivity contribution in [1.82, 2.24) is 4.98 Å². The van der Waals surface area contributed by atoms with E-state index in [-0.39, 0.29) is 18.4 Å². The summed E-state index contributed by atoms with van der Waals surface area (Å²) < 4.78 is 0. The third kappa shape index (κ3) is 2.04. The maximum Gasteiger partial charge on any atom is 0.0641 e. The number of nitrogens with one attached hydrogen (secondary N) is 1. The Morgan fingerprint density at radius 1 is 1.44 bits per heavy atom. The molecule has 0 saturated heterocycles. The predicted molar refractivity (Wildman–Crippen MR) is 67.4 cm³/mol. The SMILES string of the molecule is Cc1[nH]c2ccccc2c1[C@@H](N)CC#N.Cl. The lowest BCUT2D eigenvalue weighted by Gasteiger charge is -2.07. The Morgan fingerprint density at radius 3 is 2.81 bits per heavy atom. The molecule has 2 aromatic rings. The molecule has 1 aromatic heterocycles. The number of aryl methyl sites for hydroxylation is 1. The molecule has 0 saturated carbocycles. The summed E-state index contributed by atoms with van der Waals surface area (Å²) in [5, 5.41) is 9.78. The predicted octanol–water partition coefficient (Wildman–Crippen LogP) is 2.81. The van der Waals surface area contributed by atoms with Crippen molar-refractivity contribution in [2.45, 2.75) is 19.4 Å². The molecular weight excluding hydrogens is 222 g/mol. The first kappa shape index (κ1) is 12.6. The van der Waals surface area contributed by atoms with E-state index in [1.807, 2.05) is 31.2 Å². The third-order valence-corrected chi connectivity index (χ3v) is 2.63. The van der Waals surface area contributed by atoms with Crippen LogP contribution in [0.5, 0.6) is 0 Å². The van der Waals surface area contributed by atoms with Gasteiger partial charge < -0.3 is 10.7 Å². The number of para-hydroxylation sites is 1. The number of nitrogens with two attached hydrogens (primary N) is 1. The number of nitrogens with zero attached hydrogens (tertiary/aromatic N) is 1. The lowest BCUT2D eigenvalue weighted by Crippen LogP contribution is -2.09. The number of aromatic nitrogens is 1. The summed E-state index contributed by atoms with van der Waals surface area (Å²) in [6.45, 7) is 1.99. The van der Waals surface area contributed by atoms with E-state index in [2.05, 4.69) is 11.1 Å². The molecule has 0 aliphatic carbocycles. The maximum atomic E-state index is 8.66. The van der Waals surface area contributed by atoms with Crippen LogP contribution in [-0.2, 0) is 0 Å². The van der Waals surface area contributed by atoms with Gasteiger partial charge in [-0.1, -0.05) is 18.2 Å². The largest absolute Gasteiger partial charge is 0.358 e. The van der Waals surface area contributed by atoms with E-state index in [9.17, 15) is 0 Å². The summed E-state index contributed by atoms with van der Waals surface area (Å²) >= 11 is 0. The summed E-state index contributed by atoms with van der Waals surface area (Å²) in [6.07, 6.45) is 0.350. The zero-order valence-electron chi connectivity index (χ0n) is 9.03. The number of hydrogen-bond donors (Lipinski definition) is 2. The quantitative estimate of drug-likeness (QED) is 0.841. The Balaban J connectivity index is 0.00000128. The van der Waals surface area contributed by atoms with Crippen LogP contribution in [0.3, 0.4) is 0 Å². The summed E-state index contributed by atoms with van der Waals surface area (Å²) in [5.41, 5.74) is 9.17. The summed E-state index contributed by atoms with van der Waals surface area (Å²) in [5.74, 6) is 0. The molecule has 2 rings (SSSR count). The van der Waals surface area contributed by atoms with Crippen molar-refractivity contribution >= 4 is 23.3 Å². The molecule has 3 N–H and O–H groups in total. The van der Waals surface area contributed by atoms with Crippen LogP contribution in [0.1, 0.15) is 23.7 Å². The fourth-order valence-corrected chi connectivity index (χ4v) is 1.98. The Kier molecular flexibility index (Phi) is 3.94. The number of nitriles is 1. The van der Waals surface area contributed by atoms with Gasteiger partial charge in [-0.05, 0) is 18.6 Å². The first-order chi connectivity index (χ1) is 7.24. The van der Waals surface area contributed by atoms with Crippen LogP contribution in [0.4, 0.5) is 0 Å². The van der Waals surface area contributed by atoms with Gasteiger partial charge >= 0.3 is 0 Å². The monoisotopic (exact) mass is 235 g/mol. The van der Waals surface area contributed by atoms with E-state index < -0.39 is 0 Å². The molecular formula is C12H14ClN3. The van der Waals surface area contributed by atoms with Gasteiger partial charge in [-0.2, -0.15) is 5.26 Å². The molecule has 0 bridgehead atoms. The van der Waals surface area contributed by atoms with Crippen molar-refractivity contribution in [2.24, 2.45) is 5.73 Å². The van der Waals surface area contributed by atoms with Gasteiger partial charge in [-0.25, -0.2) is 0 Å². The number of aromatic amines is 1. The Morgan fingerprint density at radius 2 is 2.12 bits per heavy atom. The van der Waals surface area contributed by atoms with Gasteiger partial charge in [0.05, 0.1) is 12.5 Å². The number of H-pyrrole nitrogens is 1. The maximum absolute atomic E-state index is 8.66. The molecule has 16 heavy (non-hydrogen) atoms. The van der Waals surface area contributed by atoms with E-state index in [0.717, 1.165) is 22.2 Å². The van der Waals surface area contributed by atoms with Crippen molar-refractivity contribution in [3.05, 3.63) is 35.5 Å². The second-order valence-corrected chi connectivity index (χ2v) is 3.68. The standard InChI is InChI=1S/C12H13N3.ClH/c1-8-12(10(14)6-7-13)9-4-2-3-5-11(9)15-8;/h2-5,10,15H,6,14H2,1H3;1H/t10-;/m0./s1. The van der Waals surface area contributed by atoms with Gasteiger partial charge in [-0.15, -0.1) is 12.4 Å². The van der Waals surface area contributed by atoms with Crippen LogP contribution in [0.15, 0.2) is 24.3 Å². The van der Waals surface area contributed by atoms with Crippen LogP contribution in [-0.4, -0.2) is 4.98 Å². The second-order valence-electron chi connectivity index (χ2n) is 3.68. The van der Waals surface area contributed by atoms with Gasteiger partial charge in [-0.3, -0.25) is 0 Å². The first-order valence-corrected chi connectivity index (χ1v) is 4.93. The van der Waals surface area contributed by atoms with Gasteiger partial charge in [0.1, 0.15) is 0 Å². The minimum atomic E-state index is -0.203. The zero-order valence-corrected chi connectivity index (χ0v) is 9.84. The highest BCUT2D eigenvalue weighted by Crippen LogP contribution is 2.27. The number of rotatable bonds is 2. The molecule has 3 nitrogen and oxygen atoms in total. The molecule has 1 atom stereocenters. The molecule has 0 aliphatic heterocycles. The van der Waals surface area contributed by atoms with Crippen LogP contribution >= 0.6 is 12.4 Å². The van der Waals surface area contributed by atoms with Gasteiger partial charge in [0.15, 0.2) is 0 Å². The van der Waals surface area contributed by atoms with Crippen LogP contribution in [0.25, 0.3) is 10.9 Å². The smallest absolute Gasteiger partial charge is 0.0641 e. The lowest BCUT2D eigenvalue weighted by molar-refractivity contribution is 0.748. The lowest BCUT2D eigenvalue weighted by atomic mass is 10.0. The summed E-state index contributed by atoms with van der Waals surface area (Å²) in [6, 6.07) is 9.93. The first-order valence-electron chi connectivity index (χ1n) is 4.93. The molecule has 0 fully saturated rings. The Labute approximate surface area is 101 Å². The number of fused-ring (bicyclic) bond motifs is 1. The summed E-state index contributed by atoms with van der Waals surface area (Å²) in [7, 11) is 0. The minimum absolute atomic E-state index is 0. The summed E-state index contributed by atoms with van der Waals surface area (Å²) in [4.78, 5) is 3.28. The Bertz CT molecular complexity index is 525. The highest BCUT2D eigenvalue weighted by atomic mass is 35.5. The van der Waals surface area contributed by atoms with Gasteiger partial charge in [0.25, 0.3) is 0 Å². The van der Waals surface area contributed by atoms with Crippen LogP contribution in [0, 0.1) is 18.3 Å². The molecule has 4 heteroatoms. The fraction of sp³-hybridized carbons (Fsp3) is 0.250. The average molecular weight is 236 g/mol. The van der Waals surface area contributed by atoms with E-state index in [1.165, 1.54) is 0 Å². The third-order valence-electron chi connectivity index (χ3n) is 2.63. The number of halogens is 1. The van der Waals surface area contributed by atoms with E-state index in [0.29, 0.717) is 6.42 Å². The second kappa shape index (κ2) is 5.02. The molecule has 1 aromatic carbocycles. The van der Waals surface area contributed by atoms with E-state index in [4.69, 9.17) is 11.0 Å². The number of hydrogen-bond acceptors (Lipinski definition) is 2. The van der Waals surface area contributed by atoms with Crippen molar-refractivity contribution in [3.8, 4) is 6.07 Å². The molecule has 0 unspecified atom stereocenters. The molecule has 0 spiro atoms. The van der Waals surface area contributed by atoms with Crippen molar-refractivity contribution < 1.29 is 0 Å². The normalized spacial score (nSPS) is 11.8. The fourth-order valence-electron chi connectivity index (χ4n) is 1.98. The minimum Gasteiger partial charge on any atom is -0.358 e. The molecule has 0 aliphatic rings. The zero-order chi connectivity index (χ0) is 10.8. The topological polar surface area (TPSA) is 65.6 Å². The van der Waals surface area contributed by atoms with Gasteiger partial charge in [0, 0.05) is 22.6 Å². The van der Waals surface area contributed by atoms with Crippen molar-refractivity contribution in [1.29, 1.82) is 5.26 Å².